The van der Waals surface area contributed by atoms with Gasteiger partial charge in [-0.3, -0.25) is 15.1 Å². The van der Waals surface area contributed by atoms with E-state index in [1.54, 1.807) is 24.3 Å². The molecule has 0 atom stereocenters. The van der Waals surface area contributed by atoms with Crippen molar-refractivity contribution in [3.63, 3.8) is 0 Å². The maximum atomic E-state index is 12.7. The number of nitrogens with zero attached hydrogens (tertiary/aromatic N) is 2. The van der Waals surface area contributed by atoms with Gasteiger partial charge in [-0.25, -0.2) is 0 Å². The Morgan fingerprint density at radius 2 is 1.65 bits per heavy atom. The van der Waals surface area contributed by atoms with Crippen molar-refractivity contribution in [3.05, 3.63) is 77.0 Å². The van der Waals surface area contributed by atoms with Crippen LogP contribution in [0.2, 0.25) is 0 Å². The predicted molar refractivity (Wildman–Crippen MR) is 88.4 cm³/mol. The van der Waals surface area contributed by atoms with Crippen LogP contribution in [-0.4, -0.2) is 16.3 Å². The number of aromatic nitrogens is 1. The van der Waals surface area contributed by atoms with Gasteiger partial charge in [0.25, 0.3) is 5.69 Å². The average molecular weight is 360 g/mol. The van der Waals surface area contributed by atoms with Crippen molar-refractivity contribution in [2.45, 2.75) is 6.36 Å². The number of para-hydroxylation sites is 1. The van der Waals surface area contributed by atoms with Crippen molar-refractivity contribution in [1.82, 2.24) is 4.98 Å². The lowest BCUT2D eigenvalue weighted by molar-refractivity contribution is -0.384. The predicted octanol–water partition coefficient (Wildman–Crippen LogP) is 5.22. The Kier molecular flexibility index (Phi) is 4.57. The fourth-order valence-corrected chi connectivity index (χ4v) is 2.52. The van der Waals surface area contributed by atoms with Crippen molar-refractivity contribution in [3.8, 4) is 28.1 Å². The highest BCUT2D eigenvalue weighted by Crippen LogP contribution is 2.40. The van der Waals surface area contributed by atoms with Crippen LogP contribution in [0.25, 0.3) is 22.4 Å². The second kappa shape index (κ2) is 6.83. The van der Waals surface area contributed by atoms with E-state index in [-0.39, 0.29) is 11.3 Å². The summed E-state index contributed by atoms with van der Waals surface area (Å²) >= 11 is 0. The summed E-state index contributed by atoms with van der Waals surface area (Å²) in [6.07, 6.45) is -3.36. The molecule has 0 aliphatic carbocycles. The van der Waals surface area contributed by atoms with Crippen molar-refractivity contribution < 1.29 is 22.8 Å². The number of ether oxygens (including phenoxy) is 1. The number of pyridine rings is 1. The molecule has 0 saturated heterocycles. The number of rotatable bonds is 4. The molecule has 26 heavy (non-hydrogen) atoms. The van der Waals surface area contributed by atoms with Gasteiger partial charge in [0.2, 0.25) is 0 Å². The molecule has 0 aliphatic heterocycles. The molecule has 0 bridgehead atoms. The number of hydrogen-bond donors (Lipinski definition) is 0. The topological polar surface area (TPSA) is 65.3 Å². The molecule has 2 aromatic carbocycles. The minimum Gasteiger partial charge on any atom is -0.405 e. The molecule has 8 heteroatoms. The van der Waals surface area contributed by atoms with Gasteiger partial charge >= 0.3 is 6.36 Å². The molecular formula is C18H11F3N2O3. The number of nitro groups is 1. The Hall–Kier alpha value is -3.42. The van der Waals surface area contributed by atoms with Crippen LogP contribution in [0.5, 0.6) is 5.75 Å². The van der Waals surface area contributed by atoms with Gasteiger partial charge in [-0.2, -0.15) is 0 Å². The lowest BCUT2D eigenvalue weighted by Crippen LogP contribution is -2.17. The molecule has 132 valence electrons. The van der Waals surface area contributed by atoms with Crippen LogP contribution in [0.4, 0.5) is 18.9 Å². The van der Waals surface area contributed by atoms with E-state index in [9.17, 15) is 23.3 Å². The van der Waals surface area contributed by atoms with Crippen LogP contribution >= 0.6 is 0 Å². The maximum absolute atomic E-state index is 12.7. The van der Waals surface area contributed by atoms with Crippen LogP contribution in [-0.2, 0) is 0 Å². The van der Waals surface area contributed by atoms with Gasteiger partial charge in [0.05, 0.1) is 10.6 Å². The normalized spacial score (nSPS) is 11.2. The highest BCUT2D eigenvalue weighted by Gasteiger charge is 2.32. The Balaban J connectivity index is 2.22. The first kappa shape index (κ1) is 17.4. The van der Waals surface area contributed by atoms with Gasteiger partial charge in [-0.05, 0) is 29.8 Å². The Bertz CT molecular complexity index is 944. The summed E-state index contributed by atoms with van der Waals surface area (Å²) in [7, 11) is 0. The lowest BCUT2D eigenvalue weighted by Gasteiger charge is -2.15. The fourth-order valence-electron chi connectivity index (χ4n) is 2.52. The molecule has 0 amide bonds. The molecule has 0 saturated carbocycles. The van der Waals surface area contributed by atoms with Gasteiger partial charge < -0.3 is 4.74 Å². The van der Waals surface area contributed by atoms with Crippen LogP contribution < -0.4 is 4.74 Å². The van der Waals surface area contributed by atoms with E-state index >= 15 is 0 Å². The zero-order valence-electron chi connectivity index (χ0n) is 13.1. The number of alkyl halides is 3. The van der Waals surface area contributed by atoms with Gasteiger partial charge in [-0.1, -0.05) is 24.3 Å². The Morgan fingerprint density at radius 3 is 2.31 bits per heavy atom. The van der Waals surface area contributed by atoms with Crippen LogP contribution in [0.3, 0.4) is 0 Å². The van der Waals surface area contributed by atoms with Crippen LogP contribution in [0.15, 0.2) is 66.9 Å². The quantitative estimate of drug-likeness (QED) is 0.472. The smallest absolute Gasteiger partial charge is 0.405 e. The molecule has 0 fully saturated rings. The number of benzene rings is 2. The molecule has 0 N–H and O–H groups in total. The van der Waals surface area contributed by atoms with E-state index in [4.69, 9.17) is 0 Å². The first-order valence-electron chi connectivity index (χ1n) is 7.40. The first-order chi connectivity index (χ1) is 12.3. The van der Waals surface area contributed by atoms with Crippen LogP contribution in [0, 0.1) is 10.1 Å². The molecule has 0 spiro atoms. The minimum atomic E-state index is -4.86. The number of non-ortho nitro benzene ring substituents is 1. The zero-order valence-corrected chi connectivity index (χ0v) is 13.1. The molecule has 1 aromatic heterocycles. The largest absolute Gasteiger partial charge is 0.573 e. The molecule has 3 rings (SSSR count). The molecule has 0 radical (unpaired) electrons. The third kappa shape index (κ3) is 3.80. The van der Waals surface area contributed by atoms with Gasteiger partial charge in [0.15, 0.2) is 0 Å². The van der Waals surface area contributed by atoms with Crippen molar-refractivity contribution in [2.24, 2.45) is 0 Å². The molecule has 0 aliphatic rings. The highest BCUT2D eigenvalue weighted by atomic mass is 19.4. The maximum Gasteiger partial charge on any atom is 0.573 e. The number of nitro benzene ring substituents is 1. The summed E-state index contributed by atoms with van der Waals surface area (Å²) in [5.41, 5.74) is 1.03. The standard InChI is InChI=1S/C18H11F3N2O3/c19-18(20,21)26-17-7-2-1-5-14(17)13-9-8-12(23(24)25)11-15(13)16-6-3-4-10-22-16/h1-11H. The Labute approximate surface area is 145 Å². The first-order valence-corrected chi connectivity index (χ1v) is 7.40. The van der Waals surface area contributed by atoms with Gasteiger partial charge in [0.1, 0.15) is 5.75 Å². The van der Waals surface area contributed by atoms with E-state index in [1.807, 2.05) is 0 Å². The van der Waals surface area contributed by atoms with E-state index < -0.39 is 17.0 Å². The SMILES string of the molecule is O=[N+]([O-])c1ccc(-c2ccccc2OC(F)(F)F)c(-c2ccccn2)c1. The summed E-state index contributed by atoms with van der Waals surface area (Å²) in [5.74, 6) is -0.397. The van der Waals surface area contributed by atoms with E-state index in [1.165, 1.54) is 42.6 Å². The number of hydrogen-bond acceptors (Lipinski definition) is 4. The second-order valence-corrected chi connectivity index (χ2v) is 5.25. The minimum absolute atomic E-state index is 0.153. The fraction of sp³-hybridized carbons (Fsp3) is 0.0556. The van der Waals surface area contributed by atoms with Crippen molar-refractivity contribution >= 4 is 5.69 Å². The third-order valence-corrected chi connectivity index (χ3v) is 3.56. The molecule has 5 nitrogen and oxygen atoms in total. The summed E-state index contributed by atoms with van der Waals surface area (Å²) in [5, 5.41) is 11.1. The number of halogens is 3. The summed E-state index contributed by atoms with van der Waals surface area (Å²) in [6.45, 7) is 0. The summed E-state index contributed by atoms with van der Waals surface area (Å²) in [6, 6.07) is 14.5. The third-order valence-electron chi connectivity index (χ3n) is 3.56. The highest BCUT2D eigenvalue weighted by molar-refractivity contribution is 5.86. The summed E-state index contributed by atoms with van der Waals surface area (Å²) in [4.78, 5) is 14.7. The van der Waals surface area contributed by atoms with E-state index in [0.717, 1.165) is 0 Å². The molecule has 1 heterocycles. The molecular weight excluding hydrogens is 349 g/mol. The van der Waals surface area contributed by atoms with Gasteiger partial charge in [0, 0.05) is 29.5 Å². The van der Waals surface area contributed by atoms with Crippen LogP contribution in [0.1, 0.15) is 0 Å². The van der Waals surface area contributed by atoms with E-state index in [0.29, 0.717) is 16.8 Å². The molecule has 0 unspecified atom stereocenters. The molecule has 3 aromatic rings. The van der Waals surface area contributed by atoms with Gasteiger partial charge in [-0.15, -0.1) is 13.2 Å². The monoisotopic (exact) mass is 360 g/mol. The Morgan fingerprint density at radius 1 is 0.923 bits per heavy atom. The van der Waals surface area contributed by atoms with E-state index in [2.05, 4.69) is 9.72 Å². The lowest BCUT2D eigenvalue weighted by atomic mass is 9.96. The average Bonchev–Trinajstić information content (AvgIpc) is 2.61. The second-order valence-electron chi connectivity index (χ2n) is 5.25. The van der Waals surface area contributed by atoms with Crippen molar-refractivity contribution in [2.75, 3.05) is 0 Å². The van der Waals surface area contributed by atoms with Crippen molar-refractivity contribution in [1.29, 1.82) is 0 Å². The summed E-state index contributed by atoms with van der Waals surface area (Å²) < 4.78 is 42.2. The zero-order chi connectivity index (χ0) is 18.7.